The van der Waals surface area contributed by atoms with Crippen LogP contribution in [0.3, 0.4) is 0 Å². The van der Waals surface area contributed by atoms with Gasteiger partial charge in [0.05, 0.1) is 6.61 Å². The average molecular weight is 246 g/mol. The summed E-state index contributed by atoms with van der Waals surface area (Å²) in [5, 5.41) is 0. The van der Waals surface area contributed by atoms with Crippen LogP contribution in [-0.4, -0.2) is 57.0 Å². The SMILES string of the molecule is CO[C@@H]1[C@H]2OC(C)(C)O[C@H]2O[C@@H]1[C@H]1COCO1. The molecule has 0 spiro atoms. The third kappa shape index (κ3) is 1.99. The summed E-state index contributed by atoms with van der Waals surface area (Å²) < 4.78 is 33.4. The molecule has 3 heterocycles. The Bertz CT molecular complexity index is 288. The van der Waals surface area contributed by atoms with Gasteiger partial charge < -0.3 is 28.4 Å². The minimum atomic E-state index is -0.621. The van der Waals surface area contributed by atoms with Crippen molar-refractivity contribution < 1.29 is 28.4 Å². The van der Waals surface area contributed by atoms with Crippen LogP contribution in [0.2, 0.25) is 0 Å². The molecule has 5 atom stereocenters. The molecular formula is C11H18O6. The molecule has 98 valence electrons. The van der Waals surface area contributed by atoms with Crippen molar-refractivity contribution in [3.63, 3.8) is 0 Å². The topological polar surface area (TPSA) is 55.4 Å². The zero-order chi connectivity index (χ0) is 12.0. The minimum Gasteiger partial charge on any atom is -0.376 e. The lowest BCUT2D eigenvalue weighted by atomic mass is 10.1. The molecular weight excluding hydrogens is 228 g/mol. The Morgan fingerprint density at radius 1 is 1.18 bits per heavy atom. The quantitative estimate of drug-likeness (QED) is 0.696. The largest absolute Gasteiger partial charge is 0.376 e. The summed E-state index contributed by atoms with van der Waals surface area (Å²) in [6.45, 7) is 4.56. The Hall–Kier alpha value is -0.240. The Kier molecular flexibility index (Phi) is 2.89. The number of methoxy groups -OCH3 is 1. The van der Waals surface area contributed by atoms with Crippen LogP contribution in [0.5, 0.6) is 0 Å². The van der Waals surface area contributed by atoms with Gasteiger partial charge in [-0.2, -0.15) is 0 Å². The standard InChI is InChI=1S/C11H18O6/c1-11(2)16-9-8(12-3)7(15-10(9)17-11)6-4-13-5-14-6/h6-10H,4-5H2,1-3H3/t6-,7-,8+,9-,10-/m1/s1. The molecule has 0 aromatic carbocycles. The maximum Gasteiger partial charge on any atom is 0.190 e. The number of hydrogen-bond donors (Lipinski definition) is 0. The van der Waals surface area contributed by atoms with Crippen LogP contribution >= 0.6 is 0 Å². The van der Waals surface area contributed by atoms with Gasteiger partial charge in [-0.3, -0.25) is 0 Å². The van der Waals surface area contributed by atoms with Gasteiger partial charge in [0.15, 0.2) is 12.1 Å². The number of ether oxygens (including phenoxy) is 6. The van der Waals surface area contributed by atoms with E-state index in [-0.39, 0.29) is 30.7 Å². The lowest BCUT2D eigenvalue weighted by Crippen LogP contribution is -2.43. The highest BCUT2D eigenvalue weighted by Crippen LogP contribution is 2.40. The summed E-state index contributed by atoms with van der Waals surface area (Å²) >= 11 is 0. The summed E-state index contributed by atoms with van der Waals surface area (Å²) in [6.07, 6.45) is -1.09. The third-order valence-corrected chi connectivity index (χ3v) is 3.31. The molecule has 6 nitrogen and oxygen atoms in total. The van der Waals surface area contributed by atoms with Gasteiger partial charge in [-0.05, 0) is 13.8 Å². The molecule has 3 fully saturated rings. The zero-order valence-electron chi connectivity index (χ0n) is 10.3. The molecule has 0 N–H and O–H groups in total. The van der Waals surface area contributed by atoms with Crippen LogP contribution in [0.25, 0.3) is 0 Å². The monoisotopic (exact) mass is 246 g/mol. The fraction of sp³-hybridized carbons (Fsp3) is 1.00. The zero-order valence-corrected chi connectivity index (χ0v) is 10.3. The maximum atomic E-state index is 5.83. The Labute approximate surface area is 100 Å². The van der Waals surface area contributed by atoms with E-state index in [1.807, 2.05) is 13.8 Å². The molecule has 0 unspecified atom stereocenters. The molecule has 0 saturated carbocycles. The second-order valence-electron chi connectivity index (χ2n) is 4.96. The first-order chi connectivity index (χ1) is 8.11. The second-order valence-corrected chi connectivity index (χ2v) is 4.96. The van der Waals surface area contributed by atoms with Crippen LogP contribution in [0.1, 0.15) is 13.8 Å². The molecule has 0 amide bonds. The van der Waals surface area contributed by atoms with E-state index in [1.165, 1.54) is 0 Å². The Morgan fingerprint density at radius 2 is 2.00 bits per heavy atom. The molecule has 3 rings (SSSR count). The van der Waals surface area contributed by atoms with E-state index in [4.69, 9.17) is 28.4 Å². The normalized spacial score (nSPS) is 48.5. The fourth-order valence-corrected chi connectivity index (χ4v) is 2.61. The predicted molar refractivity (Wildman–Crippen MR) is 55.2 cm³/mol. The first-order valence-corrected chi connectivity index (χ1v) is 5.84. The lowest BCUT2D eigenvalue weighted by molar-refractivity contribution is -0.227. The van der Waals surface area contributed by atoms with Crippen molar-refractivity contribution >= 4 is 0 Å². The van der Waals surface area contributed by atoms with Crippen molar-refractivity contribution in [2.45, 2.75) is 50.3 Å². The fourth-order valence-electron chi connectivity index (χ4n) is 2.61. The van der Waals surface area contributed by atoms with E-state index < -0.39 is 5.79 Å². The van der Waals surface area contributed by atoms with Gasteiger partial charge in [0.2, 0.25) is 0 Å². The maximum absolute atomic E-state index is 5.83. The smallest absolute Gasteiger partial charge is 0.190 e. The van der Waals surface area contributed by atoms with Gasteiger partial charge in [0.1, 0.15) is 31.2 Å². The average Bonchev–Trinajstić information content (AvgIpc) is 2.89. The van der Waals surface area contributed by atoms with Crippen LogP contribution in [0.4, 0.5) is 0 Å². The van der Waals surface area contributed by atoms with Crippen LogP contribution < -0.4 is 0 Å². The van der Waals surface area contributed by atoms with E-state index in [1.54, 1.807) is 7.11 Å². The summed E-state index contributed by atoms with van der Waals surface area (Å²) in [6, 6.07) is 0. The van der Waals surface area contributed by atoms with Gasteiger partial charge in [-0.25, -0.2) is 0 Å². The Morgan fingerprint density at radius 3 is 2.65 bits per heavy atom. The summed E-state index contributed by atoms with van der Waals surface area (Å²) in [5.41, 5.74) is 0. The highest BCUT2D eigenvalue weighted by Gasteiger charge is 2.57. The van der Waals surface area contributed by atoms with Gasteiger partial charge in [0, 0.05) is 7.11 Å². The van der Waals surface area contributed by atoms with E-state index >= 15 is 0 Å². The van der Waals surface area contributed by atoms with Crippen molar-refractivity contribution in [2.24, 2.45) is 0 Å². The van der Waals surface area contributed by atoms with Crippen molar-refractivity contribution in [2.75, 3.05) is 20.5 Å². The van der Waals surface area contributed by atoms with Gasteiger partial charge >= 0.3 is 0 Å². The highest BCUT2D eigenvalue weighted by molar-refractivity contribution is 4.97. The van der Waals surface area contributed by atoms with Crippen LogP contribution in [0, 0.1) is 0 Å². The van der Waals surface area contributed by atoms with E-state index in [2.05, 4.69) is 0 Å². The molecule has 0 aromatic heterocycles. The predicted octanol–water partition coefficient (Wildman–Crippen LogP) is 0.251. The van der Waals surface area contributed by atoms with Crippen LogP contribution in [0.15, 0.2) is 0 Å². The molecule has 6 heteroatoms. The lowest BCUT2D eigenvalue weighted by Gasteiger charge is -2.27. The first-order valence-electron chi connectivity index (χ1n) is 5.84. The molecule has 0 aromatic rings. The van der Waals surface area contributed by atoms with Gasteiger partial charge in [-0.15, -0.1) is 0 Å². The number of fused-ring (bicyclic) bond motifs is 1. The molecule has 17 heavy (non-hydrogen) atoms. The summed E-state index contributed by atoms with van der Waals surface area (Å²) in [4.78, 5) is 0. The summed E-state index contributed by atoms with van der Waals surface area (Å²) in [7, 11) is 1.65. The second kappa shape index (κ2) is 4.15. The summed E-state index contributed by atoms with van der Waals surface area (Å²) in [5.74, 6) is -0.621. The minimum absolute atomic E-state index is 0.110. The molecule has 3 aliphatic rings. The molecule has 3 saturated heterocycles. The highest BCUT2D eigenvalue weighted by atomic mass is 16.8. The van der Waals surface area contributed by atoms with Gasteiger partial charge in [-0.1, -0.05) is 0 Å². The Balaban J connectivity index is 1.73. The van der Waals surface area contributed by atoms with Gasteiger partial charge in [0.25, 0.3) is 0 Å². The van der Waals surface area contributed by atoms with E-state index in [0.29, 0.717) is 13.4 Å². The number of hydrogen-bond acceptors (Lipinski definition) is 6. The third-order valence-electron chi connectivity index (χ3n) is 3.31. The van der Waals surface area contributed by atoms with E-state index in [9.17, 15) is 0 Å². The molecule has 0 aliphatic carbocycles. The number of rotatable bonds is 2. The van der Waals surface area contributed by atoms with Crippen molar-refractivity contribution in [3.05, 3.63) is 0 Å². The molecule has 0 radical (unpaired) electrons. The molecule has 3 aliphatic heterocycles. The van der Waals surface area contributed by atoms with Crippen molar-refractivity contribution in [1.29, 1.82) is 0 Å². The molecule has 0 bridgehead atoms. The van der Waals surface area contributed by atoms with Crippen molar-refractivity contribution in [3.8, 4) is 0 Å². The van der Waals surface area contributed by atoms with E-state index in [0.717, 1.165) is 0 Å². The van der Waals surface area contributed by atoms with Crippen molar-refractivity contribution in [1.82, 2.24) is 0 Å². The van der Waals surface area contributed by atoms with Crippen LogP contribution in [-0.2, 0) is 28.4 Å². The first kappa shape index (κ1) is 11.8.